The number of rotatable bonds is 3. The monoisotopic (exact) mass is 287 g/mol. The lowest BCUT2D eigenvalue weighted by Crippen LogP contribution is -2.29. The number of halogens is 3. The molecule has 0 bridgehead atoms. The van der Waals surface area contributed by atoms with Crippen molar-refractivity contribution in [2.75, 3.05) is 13.2 Å². The van der Waals surface area contributed by atoms with Crippen LogP contribution in [0.3, 0.4) is 0 Å². The highest BCUT2D eigenvalue weighted by atomic mass is 19.3. The van der Waals surface area contributed by atoms with Crippen LogP contribution < -0.4 is 4.74 Å². The van der Waals surface area contributed by atoms with Gasteiger partial charge in [0.05, 0.1) is 0 Å². The summed E-state index contributed by atoms with van der Waals surface area (Å²) >= 11 is 0. The van der Waals surface area contributed by atoms with E-state index in [1.165, 1.54) is 6.07 Å². The molecule has 0 amide bonds. The molecule has 7 heteroatoms. The van der Waals surface area contributed by atoms with Gasteiger partial charge in [-0.15, -0.1) is 0 Å². The molecule has 0 spiro atoms. The molecule has 108 valence electrons. The Morgan fingerprint density at radius 2 is 2.05 bits per heavy atom. The van der Waals surface area contributed by atoms with Crippen molar-refractivity contribution in [2.24, 2.45) is 0 Å². The van der Waals surface area contributed by atoms with E-state index in [4.69, 9.17) is 9.84 Å². The molecule has 0 radical (unpaired) electrons. The molecule has 1 aromatic rings. The van der Waals surface area contributed by atoms with Crippen LogP contribution in [0.5, 0.6) is 5.75 Å². The smallest absolute Gasteiger partial charge is 0.337 e. The minimum absolute atomic E-state index is 0.0248. The number of hydrogen-bond acceptors (Lipinski definition) is 4. The second-order valence-electron chi connectivity index (χ2n) is 4.29. The number of carbonyl (C=O) groups is 1. The van der Waals surface area contributed by atoms with E-state index in [1.807, 2.05) is 0 Å². The molecule has 0 aliphatic carbocycles. The van der Waals surface area contributed by atoms with E-state index in [0.717, 1.165) is 10.5 Å². The van der Waals surface area contributed by atoms with Gasteiger partial charge in [-0.3, -0.25) is 0 Å². The Hall–Kier alpha value is -2.02. The maximum Gasteiger partial charge on any atom is 0.337 e. The Kier molecular flexibility index (Phi) is 4.29. The summed E-state index contributed by atoms with van der Waals surface area (Å²) in [7, 11) is 0. The highest BCUT2D eigenvalue weighted by Gasteiger charge is 2.22. The van der Waals surface area contributed by atoms with Gasteiger partial charge in [0.25, 0.3) is 5.95 Å². The first-order valence-corrected chi connectivity index (χ1v) is 5.90. The number of aliphatic hydroxyl groups excluding tert-OH is 1. The molecule has 2 rings (SSSR count). The van der Waals surface area contributed by atoms with Crippen LogP contribution >= 0.6 is 0 Å². The van der Waals surface area contributed by atoms with Crippen molar-refractivity contribution in [3.8, 4) is 5.75 Å². The van der Waals surface area contributed by atoms with Gasteiger partial charge in [-0.05, 0) is 29.7 Å². The first-order chi connectivity index (χ1) is 9.51. The number of esters is 1. The zero-order chi connectivity index (χ0) is 14.7. The molecule has 1 aliphatic heterocycles. The van der Waals surface area contributed by atoms with Crippen molar-refractivity contribution < 1.29 is 27.8 Å². The van der Waals surface area contributed by atoms with Crippen LogP contribution in [0.1, 0.15) is 11.1 Å². The van der Waals surface area contributed by atoms with E-state index in [0.29, 0.717) is 12.0 Å². The van der Waals surface area contributed by atoms with Gasteiger partial charge in [-0.25, -0.2) is 4.79 Å². The number of fused-ring (bicyclic) bond motifs is 1. The quantitative estimate of drug-likeness (QED) is 0.524. The van der Waals surface area contributed by atoms with Crippen LogP contribution in [0, 0.1) is 0 Å². The highest BCUT2D eigenvalue weighted by Crippen LogP contribution is 2.27. The first kappa shape index (κ1) is 14.4. The standard InChI is InChI=1S/C13H12F3NO3/c14-12(15)13(16)17-4-3-8-1-2-10(5-9(8)6-17)20-11(19)7-18/h1-2,5,18H,3-4,6-7H2. The van der Waals surface area contributed by atoms with Gasteiger partial charge in [0.15, 0.2) is 0 Å². The lowest BCUT2D eigenvalue weighted by molar-refractivity contribution is -0.137. The molecule has 0 fully saturated rings. The maximum absolute atomic E-state index is 13.2. The molecule has 1 aliphatic rings. The lowest BCUT2D eigenvalue weighted by atomic mass is 10.00. The molecule has 1 aromatic carbocycles. The Morgan fingerprint density at radius 3 is 2.70 bits per heavy atom. The van der Waals surface area contributed by atoms with E-state index in [1.54, 1.807) is 12.1 Å². The maximum atomic E-state index is 13.2. The van der Waals surface area contributed by atoms with Crippen LogP contribution in [-0.4, -0.2) is 29.1 Å². The molecule has 20 heavy (non-hydrogen) atoms. The lowest BCUT2D eigenvalue weighted by Gasteiger charge is -2.28. The summed E-state index contributed by atoms with van der Waals surface area (Å²) in [6.45, 7) is -0.622. The molecule has 4 nitrogen and oxygen atoms in total. The van der Waals surface area contributed by atoms with E-state index in [9.17, 15) is 18.0 Å². The number of hydrogen-bond donors (Lipinski definition) is 1. The molecule has 0 saturated heterocycles. The average Bonchev–Trinajstić information content (AvgIpc) is 2.45. The van der Waals surface area contributed by atoms with Crippen molar-refractivity contribution in [1.82, 2.24) is 4.90 Å². The average molecular weight is 287 g/mol. The summed E-state index contributed by atoms with van der Waals surface area (Å²) in [5.41, 5.74) is 1.49. The number of aliphatic hydroxyl groups is 1. The fourth-order valence-electron chi connectivity index (χ4n) is 2.05. The summed E-state index contributed by atoms with van der Waals surface area (Å²) in [4.78, 5) is 11.9. The minimum atomic E-state index is -2.35. The molecule has 1 heterocycles. The van der Waals surface area contributed by atoms with Crippen molar-refractivity contribution in [3.05, 3.63) is 41.4 Å². The van der Waals surface area contributed by atoms with Crippen molar-refractivity contribution in [3.63, 3.8) is 0 Å². The Bertz CT molecular complexity index is 556. The number of nitrogens with zero attached hydrogens (tertiary/aromatic N) is 1. The van der Waals surface area contributed by atoms with Crippen LogP contribution in [0.2, 0.25) is 0 Å². The van der Waals surface area contributed by atoms with Crippen LogP contribution in [0.15, 0.2) is 30.2 Å². The van der Waals surface area contributed by atoms with Crippen LogP contribution in [0.25, 0.3) is 0 Å². The summed E-state index contributed by atoms with van der Waals surface area (Å²) in [5.74, 6) is -2.17. The molecule has 0 saturated carbocycles. The Labute approximate surface area is 113 Å². The normalized spacial score (nSPS) is 13.7. The predicted molar refractivity (Wildman–Crippen MR) is 63.6 cm³/mol. The van der Waals surface area contributed by atoms with Crippen molar-refractivity contribution in [2.45, 2.75) is 13.0 Å². The van der Waals surface area contributed by atoms with Gasteiger partial charge in [-0.1, -0.05) is 6.07 Å². The number of ether oxygens (including phenoxy) is 1. The fourth-order valence-corrected chi connectivity index (χ4v) is 2.05. The highest BCUT2D eigenvalue weighted by molar-refractivity contribution is 5.73. The number of benzene rings is 1. The van der Waals surface area contributed by atoms with Gasteiger partial charge in [0, 0.05) is 13.1 Å². The van der Waals surface area contributed by atoms with E-state index >= 15 is 0 Å². The molecular weight excluding hydrogens is 275 g/mol. The van der Waals surface area contributed by atoms with E-state index in [2.05, 4.69) is 0 Å². The first-order valence-electron chi connectivity index (χ1n) is 5.90. The van der Waals surface area contributed by atoms with E-state index in [-0.39, 0.29) is 18.8 Å². The van der Waals surface area contributed by atoms with E-state index < -0.39 is 24.6 Å². The molecular formula is C13H12F3NO3. The summed E-state index contributed by atoms with van der Waals surface area (Å²) < 4.78 is 42.5. The van der Waals surface area contributed by atoms with Crippen molar-refractivity contribution in [1.29, 1.82) is 0 Å². The third kappa shape index (κ3) is 3.11. The Balaban J connectivity index is 2.19. The third-order valence-electron chi connectivity index (χ3n) is 2.98. The van der Waals surface area contributed by atoms with Gasteiger partial charge in [0.1, 0.15) is 12.4 Å². The third-order valence-corrected chi connectivity index (χ3v) is 2.98. The predicted octanol–water partition coefficient (Wildman–Crippen LogP) is 1.98. The number of carbonyl (C=O) groups excluding carboxylic acids is 1. The van der Waals surface area contributed by atoms with Gasteiger partial charge >= 0.3 is 12.0 Å². The largest absolute Gasteiger partial charge is 0.425 e. The second-order valence-corrected chi connectivity index (χ2v) is 4.29. The van der Waals surface area contributed by atoms with Gasteiger partial charge in [0.2, 0.25) is 0 Å². The van der Waals surface area contributed by atoms with Crippen LogP contribution in [0.4, 0.5) is 13.2 Å². The molecule has 1 N–H and O–H groups in total. The zero-order valence-corrected chi connectivity index (χ0v) is 10.4. The summed E-state index contributed by atoms with van der Waals surface area (Å²) in [5, 5.41) is 8.59. The zero-order valence-electron chi connectivity index (χ0n) is 10.4. The van der Waals surface area contributed by atoms with Gasteiger partial charge < -0.3 is 14.7 Å². The summed E-state index contributed by atoms with van der Waals surface area (Å²) in [6.07, 6.45) is -1.93. The Morgan fingerprint density at radius 1 is 1.30 bits per heavy atom. The SMILES string of the molecule is O=C(CO)Oc1ccc2c(c1)CN(C(F)=C(F)F)CC2. The molecule has 0 aromatic heterocycles. The fraction of sp³-hybridized carbons (Fsp3) is 0.308. The topological polar surface area (TPSA) is 49.8 Å². The van der Waals surface area contributed by atoms with Gasteiger partial charge in [-0.2, -0.15) is 13.2 Å². The second kappa shape index (κ2) is 5.96. The minimum Gasteiger partial charge on any atom is -0.425 e. The summed E-state index contributed by atoms with van der Waals surface area (Å²) in [6, 6.07) is 4.72. The van der Waals surface area contributed by atoms with Crippen LogP contribution in [-0.2, 0) is 17.8 Å². The van der Waals surface area contributed by atoms with Crippen molar-refractivity contribution >= 4 is 5.97 Å². The molecule has 0 atom stereocenters. The molecule has 0 unspecified atom stereocenters.